The number of thiophene rings is 1. The van der Waals surface area contributed by atoms with E-state index >= 15 is 0 Å². The number of nitrogens with zero attached hydrogens (tertiary/aromatic N) is 4. The molecule has 3 aromatic heterocycles. The summed E-state index contributed by atoms with van der Waals surface area (Å²) in [6.07, 6.45) is 5.69. The molecule has 0 radical (unpaired) electrons. The fraction of sp³-hybridized carbons (Fsp3) is 0.318. The maximum atomic E-state index is 4.77. The fourth-order valence-corrected chi connectivity index (χ4v) is 4.05. The molecule has 0 bridgehead atoms. The number of aryl methyl sites for hydroxylation is 1. The number of aliphatic imine (C=N–C) groups is 1. The first-order chi connectivity index (χ1) is 14.8. The van der Waals surface area contributed by atoms with Crippen molar-refractivity contribution in [1.82, 2.24) is 30.4 Å². The van der Waals surface area contributed by atoms with Crippen molar-refractivity contribution in [2.45, 2.75) is 32.9 Å². The zero-order valence-electron chi connectivity index (χ0n) is 17.1. The van der Waals surface area contributed by atoms with Gasteiger partial charge < -0.3 is 20.2 Å². The number of H-pyrrole nitrogens is 1. The van der Waals surface area contributed by atoms with Crippen molar-refractivity contribution < 1.29 is 0 Å². The molecule has 8 heteroatoms. The molecule has 0 saturated heterocycles. The lowest BCUT2D eigenvalue weighted by atomic mass is 10.1. The number of benzene rings is 1. The fourth-order valence-electron chi connectivity index (χ4n) is 3.42. The Labute approximate surface area is 180 Å². The van der Waals surface area contributed by atoms with Gasteiger partial charge in [-0.2, -0.15) is 0 Å². The second-order valence-electron chi connectivity index (χ2n) is 7.00. The van der Waals surface area contributed by atoms with Crippen LogP contribution in [0.2, 0.25) is 0 Å². The Morgan fingerprint density at radius 3 is 2.93 bits per heavy atom. The second-order valence-corrected chi connectivity index (χ2v) is 8.03. The Hall–Kier alpha value is -3.13. The van der Waals surface area contributed by atoms with Crippen LogP contribution in [-0.4, -0.2) is 38.8 Å². The number of aromatic nitrogens is 4. The minimum absolute atomic E-state index is 0.674. The van der Waals surface area contributed by atoms with Crippen molar-refractivity contribution in [3.05, 3.63) is 70.6 Å². The molecule has 4 aromatic rings. The molecule has 0 aliphatic heterocycles. The molecule has 4 rings (SSSR count). The van der Waals surface area contributed by atoms with Crippen molar-refractivity contribution in [3.8, 4) is 0 Å². The zero-order valence-corrected chi connectivity index (χ0v) is 18.0. The number of para-hydroxylation sites is 1. The summed E-state index contributed by atoms with van der Waals surface area (Å²) in [6.45, 7) is 5.14. The summed E-state index contributed by atoms with van der Waals surface area (Å²) in [5, 5.41) is 18.4. The van der Waals surface area contributed by atoms with Crippen molar-refractivity contribution in [1.29, 1.82) is 0 Å². The molecule has 0 amide bonds. The highest BCUT2D eigenvalue weighted by Crippen LogP contribution is 2.17. The summed E-state index contributed by atoms with van der Waals surface area (Å²) < 4.78 is 2.08. The van der Waals surface area contributed by atoms with Crippen LogP contribution in [0.15, 0.2) is 59.3 Å². The zero-order chi connectivity index (χ0) is 20.6. The van der Waals surface area contributed by atoms with Crippen molar-refractivity contribution in [2.24, 2.45) is 4.99 Å². The van der Waals surface area contributed by atoms with E-state index < -0.39 is 0 Å². The summed E-state index contributed by atoms with van der Waals surface area (Å²) in [6, 6.07) is 12.6. The third-order valence-corrected chi connectivity index (χ3v) is 5.85. The minimum Gasteiger partial charge on any atom is -0.361 e. The van der Waals surface area contributed by atoms with Crippen molar-refractivity contribution in [2.75, 3.05) is 13.1 Å². The van der Waals surface area contributed by atoms with Gasteiger partial charge in [0.2, 0.25) is 0 Å². The Morgan fingerprint density at radius 1 is 1.17 bits per heavy atom. The average molecular weight is 422 g/mol. The average Bonchev–Trinajstić information content (AvgIpc) is 3.53. The van der Waals surface area contributed by atoms with Gasteiger partial charge in [-0.3, -0.25) is 0 Å². The van der Waals surface area contributed by atoms with Crippen LogP contribution in [0.25, 0.3) is 10.9 Å². The summed E-state index contributed by atoms with van der Waals surface area (Å²) in [5.41, 5.74) is 2.49. The number of nitrogens with one attached hydrogen (secondary N) is 3. The predicted octanol–water partition coefficient (Wildman–Crippen LogP) is 3.36. The van der Waals surface area contributed by atoms with Gasteiger partial charge in [0.25, 0.3) is 0 Å². The summed E-state index contributed by atoms with van der Waals surface area (Å²) in [7, 11) is 0. The number of guanidine groups is 1. The molecule has 0 saturated carbocycles. The molecule has 3 heterocycles. The van der Waals surface area contributed by atoms with Crippen LogP contribution in [0.1, 0.15) is 23.2 Å². The van der Waals surface area contributed by atoms with Crippen LogP contribution in [-0.2, 0) is 25.9 Å². The number of rotatable bonds is 9. The van der Waals surface area contributed by atoms with Gasteiger partial charge in [0.15, 0.2) is 5.96 Å². The first-order valence-corrected chi connectivity index (χ1v) is 11.2. The van der Waals surface area contributed by atoms with Crippen LogP contribution in [0, 0.1) is 0 Å². The van der Waals surface area contributed by atoms with Gasteiger partial charge in [0.1, 0.15) is 12.2 Å². The van der Waals surface area contributed by atoms with E-state index in [4.69, 9.17) is 4.99 Å². The molecule has 1 aromatic carbocycles. The van der Waals surface area contributed by atoms with E-state index in [1.807, 2.05) is 0 Å². The minimum atomic E-state index is 0.674. The molecule has 156 valence electrons. The molecule has 30 heavy (non-hydrogen) atoms. The molecule has 3 N–H and O–H groups in total. The lowest BCUT2D eigenvalue weighted by Gasteiger charge is -2.13. The summed E-state index contributed by atoms with van der Waals surface area (Å²) >= 11 is 1.73. The number of aromatic amines is 1. The van der Waals surface area contributed by atoms with E-state index in [2.05, 4.69) is 85.3 Å². The highest BCUT2D eigenvalue weighted by Gasteiger charge is 2.05. The molecule has 0 atom stereocenters. The highest BCUT2D eigenvalue weighted by atomic mass is 32.1. The second kappa shape index (κ2) is 10.1. The van der Waals surface area contributed by atoms with Crippen molar-refractivity contribution >= 4 is 28.2 Å². The number of hydrogen-bond acceptors (Lipinski definition) is 4. The first-order valence-electron chi connectivity index (χ1n) is 10.3. The Bertz CT molecular complexity index is 1080. The highest BCUT2D eigenvalue weighted by molar-refractivity contribution is 7.09. The van der Waals surface area contributed by atoms with E-state index in [9.17, 15) is 0 Å². The van der Waals surface area contributed by atoms with Gasteiger partial charge in [0.05, 0.1) is 6.54 Å². The van der Waals surface area contributed by atoms with E-state index in [0.717, 1.165) is 44.3 Å². The molecular formula is C22H27N7S. The van der Waals surface area contributed by atoms with E-state index in [0.29, 0.717) is 6.54 Å². The molecule has 7 nitrogen and oxygen atoms in total. The van der Waals surface area contributed by atoms with Crippen LogP contribution < -0.4 is 10.6 Å². The number of fused-ring (bicyclic) bond motifs is 1. The molecular weight excluding hydrogens is 394 g/mol. The normalized spacial score (nSPS) is 11.8. The lowest BCUT2D eigenvalue weighted by Crippen LogP contribution is -2.40. The largest absolute Gasteiger partial charge is 0.361 e. The lowest BCUT2D eigenvalue weighted by molar-refractivity contribution is 0.631. The smallest absolute Gasteiger partial charge is 0.191 e. The summed E-state index contributed by atoms with van der Waals surface area (Å²) in [5.74, 6) is 1.83. The van der Waals surface area contributed by atoms with Gasteiger partial charge in [-0.1, -0.05) is 31.2 Å². The predicted molar refractivity (Wildman–Crippen MR) is 123 cm³/mol. The van der Waals surface area contributed by atoms with Crippen LogP contribution >= 0.6 is 11.3 Å². The van der Waals surface area contributed by atoms with Crippen molar-refractivity contribution in [3.63, 3.8) is 0 Å². The quantitative estimate of drug-likeness (QED) is 0.286. The Kier molecular flexibility index (Phi) is 6.76. The SMILES string of the molecule is CCc1nncn1CCNC(=NCc1cccs1)NCCc1c[nH]c2ccccc12. The summed E-state index contributed by atoms with van der Waals surface area (Å²) in [4.78, 5) is 9.36. The van der Waals surface area contributed by atoms with Crippen LogP contribution in [0.3, 0.4) is 0 Å². The Balaban J connectivity index is 1.35. The standard InChI is InChI=1S/C22H27N7S/c1-2-21-28-27-16-29(21)12-11-24-22(26-15-18-6-5-13-30-18)23-10-9-17-14-25-20-8-4-3-7-19(17)20/h3-8,13-14,16,25H,2,9-12,15H2,1H3,(H2,23,24,26). The molecule has 0 aliphatic rings. The monoisotopic (exact) mass is 421 g/mol. The molecule has 0 aliphatic carbocycles. The van der Waals surface area contributed by atoms with E-state index in [1.54, 1.807) is 17.7 Å². The maximum absolute atomic E-state index is 4.77. The third-order valence-electron chi connectivity index (χ3n) is 4.99. The molecule has 0 fully saturated rings. The molecule has 0 spiro atoms. The third kappa shape index (κ3) is 5.07. The van der Waals surface area contributed by atoms with Gasteiger partial charge in [-0.05, 0) is 29.5 Å². The van der Waals surface area contributed by atoms with Gasteiger partial charge >= 0.3 is 0 Å². The van der Waals surface area contributed by atoms with Crippen LogP contribution in [0.5, 0.6) is 0 Å². The van der Waals surface area contributed by atoms with Gasteiger partial charge in [0, 0.05) is 48.0 Å². The topological polar surface area (TPSA) is 82.9 Å². The van der Waals surface area contributed by atoms with Crippen LogP contribution in [0.4, 0.5) is 0 Å². The van der Waals surface area contributed by atoms with E-state index in [-0.39, 0.29) is 0 Å². The first kappa shape index (κ1) is 20.2. The molecule has 0 unspecified atom stereocenters. The maximum Gasteiger partial charge on any atom is 0.191 e. The number of hydrogen-bond donors (Lipinski definition) is 3. The van der Waals surface area contributed by atoms with Gasteiger partial charge in [-0.25, -0.2) is 4.99 Å². The van der Waals surface area contributed by atoms with E-state index in [1.165, 1.54) is 21.3 Å². The van der Waals surface area contributed by atoms with Gasteiger partial charge in [-0.15, -0.1) is 21.5 Å². The Morgan fingerprint density at radius 2 is 2.07 bits per heavy atom.